The van der Waals surface area contributed by atoms with Crippen LogP contribution < -0.4 is 21.7 Å². The van der Waals surface area contributed by atoms with E-state index in [1.54, 1.807) is 7.11 Å². The molecule has 0 bridgehead atoms. The Morgan fingerprint density at radius 3 is 2.72 bits per heavy atom. The first-order valence-corrected chi connectivity index (χ1v) is 5.98. The third-order valence-electron chi connectivity index (χ3n) is 3.18. The molecule has 0 atom stereocenters. The molecule has 5 N–H and O–H groups in total. The maximum Gasteiger partial charge on any atom is 0.223 e. The number of aromatic nitrogens is 2. The van der Waals surface area contributed by atoms with E-state index in [2.05, 4.69) is 20.2 Å². The number of nitrogens with zero attached hydrogens (tertiary/aromatic N) is 3. The van der Waals surface area contributed by atoms with Crippen molar-refractivity contribution in [3.63, 3.8) is 0 Å². The van der Waals surface area contributed by atoms with Crippen molar-refractivity contribution in [2.24, 2.45) is 0 Å². The number of rotatable bonds is 5. The van der Waals surface area contributed by atoms with Gasteiger partial charge in [-0.1, -0.05) is 0 Å². The Kier molecular flexibility index (Phi) is 3.83. The summed E-state index contributed by atoms with van der Waals surface area (Å²) in [6, 6.07) is 0.498. The van der Waals surface area contributed by atoms with Crippen LogP contribution in [-0.4, -0.2) is 49.9 Å². The fraction of sp³-hybridized carbons (Fsp3) is 0.636. The lowest BCUT2D eigenvalue weighted by Gasteiger charge is -2.40. The van der Waals surface area contributed by atoms with Crippen LogP contribution in [-0.2, 0) is 11.2 Å². The Balaban J connectivity index is 2.21. The highest BCUT2D eigenvalue weighted by atomic mass is 16.5. The van der Waals surface area contributed by atoms with Gasteiger partial charge >= 0.3 is 0 Å². The summed E-state index contributed by atoms with van der Waals surface area (Å²) in [5, 5.41) is 3.22. The second kappa shape index (κ2) is 5.36. The lowest BCUT2D eigenvalue weighted by atomic mass is 10.1. The summed E-state index contributed by atoms with van der Waals surface area (Å²) in [7, 11) is 3.62. The van der Waals surface area contributed by atoms with Crippen molar-refractivity contribution < 1.29 is 4.74 Å². The third-order valence-corrected chi connectivity index (χ3v) is 3.18. The van der Waals surface area contributed by atoms with E-state index in [9.17, 15) is 0 Å². The zero-order chi connectivity index (χ0) is 13.1. The molecule has 0 aromatic carbocycles. The molecular formula is C11H20N6O. The van der Waals surface area contributed by atoms with Gasteiger partial charge in [0.1, 0.15) is 11.6 Å². The van der Waals surface area contributed by atoms with Gasteiger partial charge in [-0.3, -0.25) is 0 Å². The molecule has 7 nitrogen and oxygen atoms in total. The maximum atomic E-state index is 5.92. The average molecular weight is 252 g/mol. The van der Waals surface area contributed by atoms with Crippen LogP contribution in [0.1, 0.15) is 5.56 Å². The topological polar surface area (TPSA) is 102 Å². The van der Waals surface area contributed by atoms with Crippen LogP contribution in [0, 0.1) is 0 Å². The molecule has 0 spiro atoms. The van der Waals surface area contributed by atoms with Crippen LogP contribution in [0.2, 0.25) is 0 Å². The summed E-state index contributed by atoms with van der Waals surface area (Å²) in [4.78, 5) is 10.5. The molecule has 18 heavy (non-hydrogen) atoms. The Labute approximate surface area is 107 Å². The minimum Gasteiger partial charge on any atom is -0.384 e. The van der Waals surface area contributed by atoms with Crippen molar-refractivity contribution in [2.75, 3.05) is 50.2 Å². The van der Waals surface area contributed by atoms with E-state index in [0.717, 1.165) is 24.5 Å². The van der Waals surface area contributed by atoms with Crippen molar-refractivity contribution in [3.8, 4) is 0 Å². The molecule has 100 valence electrons. The molecule has 1 aromatic rings. The molecule has 2 rings (SSSR count). The van der Waals surface area contributed by atoms with E-state index in [1.807, 2.05) is 7.05 Å². The molecule has 0 aliphatic carbocycles. The predicted octanol–water partition coefficient (Wildman–Crippen LogP) is -0.762. The van der Waals surface area contributed by atoms with E-state index < -0.39 is 0 Å². The molecule has 1 fully saturated rings. The van der Waals surface area contributed by atoms with Crippen molar-refractivity contribution in [2.45, 2.75) is 12.5 Å². The lowest BCUT2D eigenvalue weighted by Crippen LogP contribution is -2.57. The molecule has 1 aromatic heterocycles. The van der Waals surface area contributed by atoms with Crippen molar-refractivity contribution >= 4 is 17.6 Å². The largest absolute Gasteiger partial charge is 0.384 e. The third kappa shape index (κ3) is 2.46. The number of nitrogen functional groups attached to an aromatic ring is 2. The maximum absolute atomic E-state index is 5.92. The Morgan fingerprint density at radius 2 is 2.11 bits per heavy atom. The molecule has 7 heteroatoms. The van der Waals surface area contributed by atoms with Gasteiger partial charge < -0.3 is 26.4 Å². The normalized spacial score (nSPS) is 15.8. The van der Waals surface area contributed by atoms with Crippen molar-refractivity contribution in [1.29, 1.82) is 0 Å². The summed E-state index contributed by atoms with van der Waals surface area (Å²) in [5.74, 6) is 1.50. The summed E-state index contributed by atoms with van der Waals surface area (Å²) < 4.78 is 5.09. The minimum atomic E-state index is 0.219. The molecule has 0 radical (unpaired) electrons. The molecule has 0 saturated carbocycles. The minimum absolute atomic E-state index is 0.219. The van der Waals surface area contributed by atoms with Crippen LogP contribution in [0.3, 0.4) is 0 Å². The number of likely N-dealkylation sites (N-methyl/N-ethyl adjacent to an activating group) is 1. The van der Waals surface area contributed by atoms with Gasteiger partial charge in [-0.2, -0.15) is 9.97 Å². The van der Waals surface area contributed by atoms with E-state index in [0.29, 0.717) is 24.9 Å². The van der Waals surface area contributed by atoms with E-state index >= 15 is 0 Å². The summed E-state index contributed by atoms with van der Waals surface area (Å²) >= 11 is 0. The number of hydrogen-bond acceptors (Lipinski definition) is 7. The van der Waals surface area contributed by atoms with Gasteiger partial charge in [-0.15, -0.1) is 0 Å². The number of nitrogens with one attached hydrogen (secondary N) is 1. The fourth-order valence-corrected chi connectivity index (χ4v) is 2.05. The smallest absolute Gasteiger partial charge is 0.223 e. The monoisotopic (exact) mass is 252 g/mol. The lowest BCUT2D eigenvalue weighted by molar-refractivity contribution is 0.202. The van der Waals surface area contributed by atoms with Gasteiger partial charge in [0.25, 0.3) is 0 Å². The first kappa shape index (κ1) is 12.8. The van der Waals surface area contributed by atoms with E-state index in [1.165, 1.54) is 0 Å². The van der Waals surface area contributed by atoms with Crippen molar-refractivity contribution in [1.82, 2.24) is 15.3 Å². The van der Waals surface area contributed by atoms with Crippen molar-refractivity contribution in [3.05, 3.63) is 5.56 Å². The molecular weight excluding hydrogens is 232 g/mol. The number of hydrogen-bond donors (Lipinski definition) is 3. The van der Waals surface area contributed by atoms with Gasteiger partial charge in [0.2, 0.25) is 5.95 Å². The first-order chi connectivity index (χ1) is 8.65. The second-order valence-corrected chi connectivity index (χ2v) is 4.40. The fourth-order valence-electron chi connectivity index (χ4n) is 2.05. The van der Waals surface area contributed by atoms with Crippen LogP contribution in [0.5, 0.6) is 0 Å². The molecule has 1 aliphatic rings. The Morgan fingerprint density at radius 1 is 1.39 bits per heavy atom. The van der Waals surface area contributed by atoms with Gasteiger partial charge in [0.05, 0.1) is 6.61 Å². The molecule has 0 amide bonds. The molecule has 0 unspecified atom stereocenters. The van der Waals surface area contributed by atoms with Crippen LogP contribution >= 0.6 is 0 Å². The van der Waals surface area contributed by atoms with Gasteiger partial charge in [-0.05, 0) is 7.05 Å². The second-order valence-electron chi connectivity index (χ2n) is 4.40. The number of anilines is 3. The molecule has 2 heterocycles. The highest BCUT2D eigenvalue weighted by Crippen LogP contribution is 2.27. The van der Waals surface area contributed by atoms with Gasteiger partial charge in [0.15, 0.2) is 0 Å². The quantitative estimate of drug-likeness (QED) is 0.633. The Bertz CT molecular complexity index is 418. The Hall–Kier alpha value is -1.60. The van der Waals surface area contributed by atoms with E-state index in [4.69, 9.17) is 16.2 Å². The predicted molar refractivity (Wildman–Crippen MR) is 71.5 cm³/mol. The summed E-state index contributed by atoms with van der Waals surface area (Å²) in [6.45, 7) is 2.41. The van der Waals surface area contributed by atoms with Crippen LogP contribution in [0.15, 0.2) is 0 Å². The average Bonchev–Trinajstić information content (AvgIpc) is 2.26. The highest BCUT2D eigenvalue weighted by Gasteiger charge is 2.29. The van der Waals surface area contributed by atoms with Gasteiger partial charge in [0, 0.05) is 38.2 Å². The zero-order valence-electron chi connectivity index (χ0n) is 10.8. The molecule has 1 aliphatic heterocycles. The summed E-state index contributed by atoms with van der Waals surface area (Å²) in [5.41, 5.74) is 12.5. The number of nitrogens with two attached hydrogens (primary N) is 2. The number of methoxy groups -OCH3 is 1. The van der Waals surface area contributed by atoms with E-state index in [-0.39, 0.29) is 5.95 Å². The van der Waals surface area contributed by atoms with Crippen LogP contribution in [0.25, 0.3) is 0 Å². The van der Waals surface area contributed by atoms with Crippen LogP contribution in [0.4, 0.5) is 17.6 Å². The summed E-state index contributed by atoms with van der Waals surface area (Å²) in [6.07, 6.45) is 0.693. The van der Waals surface area contributed by atoms with Gasteiger partial charge in [-0.25, -0.2) is 0 Å². The standard InChI is InChI=1S/C11H20N6O/c1-14-7-5-17(6-7)10-8(3-4-18-2)9(12)15-11(13)16-10/h7,14H,3-6H2,1-2H3,(H4,12,13,15,16). The molecule has 1 saturated heterocycles. The SMILES string of the molecule is CNC1CN(c2nc(N)nc(N)c2CCOC)C1. The number of ether oxygens (including phenoxy) is 1. The first-order valence-electron chi connectivity index (χ1n) is 5.98. The zero-order valence-corrected chi connectivity index (χ0v) is 10.8. The highest BCUT2D eigenvalue weighted by molar-refractivity contribution is 5.61.